The van der Waals surface area contributed by atoms with Crippen LogP contribution in [0.3, 0.4) is 0 Å². The fourth-order valence-electron chi connectivity index (χ4n) is 2.41. The van der Waals surface area contributed by atoms with Gasteiger partial charge in [0.2, 0.25) is 11.8 Å². The number of thioether (sulfide) groups is 1. The van der Waals surface area contributed by atoms with E-state index >= 15 is 0 Å². The van der Waals surface area contributed by atoms with Crippen molar-refractivity contribution in [1.29, 1.82) is 0 Å². The van der Waals surface area contributed by atoms with Crippen LogP contribution in [-0.4, -0.2) is 27.9 Å². The molecule has 2 aromatic rings. The van der Waals surface area contributed by atoms with Crippen molar-refractivity contribution in [2.24, 2.45) is 10.2 Å². The summed E-state index contributed by atoms with van der Waals surface area (Å²) in [5.41, 5.74) is 2.04. The molecule has 0 aromatic heterocycles. The van der Waals surface area contributed by atoms with E-state index < -0.39 is 5.25 Å². The number of nitrogens with zero attached hydrogens (tertiary/aromatic N) is 2. The van der Waals surface area contributed by atoms with Gasteiger partial charge >= 0.3 is 0 Å². The maximum absolute atomic E-state index is 12.2. The van der Waals surface area contributed by atoms with Crippen molar-refractivity contribution < 1.29 is 9.59 Å². The van der Waals surface area contributed by atoms with Crippen LogP contribution in [0.1, 0.15) is 18.9 Å². The topological polar surface area (TPSA) is 82.9 Å². The van der Waals surface area contributed by atoms with Crippen LogP contribution in [-0.2, 0) is 9.59 Å². The molecule has 2 N–H and O–H groups in total. The number of carbonyl (C=O) groups excluding carboxylic acids is 2. The third-order valence-electron chi connectivity index (χ3n) is 3.90. The summed E-state index contributed by atoms with van der Waals surface area (Å²) < 4.78 is 0. The van der Waals surface area contributed by atoms with Gasteiger partial charge < -0.3 is 10.6 Å². The molecule has 0 aliphatic carbocycles. The van der Waals surface area contributed by atoms with E-state index in [-0.39, 0.29) is 18.2 Å². The minimum absolute atomic E-state index is 0.0182. The van der Waals surface area contributed by atoms with Crippen LogP contribution < -0.4 is 10.6 Å². The predicted molar refractivity (Wildman–Crippen MR) is 120 cm³/mol. The van der Waals surface area contributed by atoms with Crippen LogP contribution in [0.2, 0.25) is 15.1 Å². The molecule has 6 nitrogen and oxygen atoms in total. The summed E-state index contributed by atoms with van der Waals surface area (Å²) in [6, 6.07) is 12.0. The summed E-state index contributed by atoms with van der Waals surface area (Å²) in [7, 11) is 0. The molecule has 29 heavy (non-hydrogen) atoms. The van der Waals surface area contributed by atoms with Crippen molar-refractivity contribution in [3.8, 4) is 0 Å². The second-order valence-corrected chi connectivity index (χ2v) is 8.52. The Hall–Kier alpha value is -2.06. The molecule has 1 heterocycles. The molecule has 2 aromatic carbocycles. The Morgan fingerprint density at radius 2 is 1.86 bits per heavy atom. The Bertz CT molecular complexity index is 1010. The largest absolute Gasteiger partial charge is 0.326 e. The standard InChI is InChI=1S/C19H15Cl3N4O2S/c1-10(11-2-4-12(20)5-3-11)25-26-19-24-18(28)16(29-19)9-17(27)23-13-6-7-14(21)15(22)8-13/h2-8,16H,9H2,1H3,(H,23,27)(H,24,26,28). The van der Waals surface area contributed by atoms with Crippen LogP contribution >= 0.6 is 46.6 Å². The average molecular weight is 470 g/mol. The van der Waals surface area contributed by atoms with Crippen molar-refractivity contribution in [2.75, 3.05) is 5.32 Å². The van der Waals surface area contributed by atoms with Crippen molar-refractivity contribution >= 4 is 74.9 Å². The van der Waals surface area contributed by atoms with Gasteiger partial charge in [0.15, 0.2) is 5.17 Å². The van der Waals surface area contributed by atoms with Gasteiger partial charge in [-0.2, -0.15) is 5.10 Å². The molecule has 1 unspecified atom stereocenters. The number of carbonyl (C=O) groups is 2. The minimum Gasteiger partial charge on any atom is -0.326 e. The summed E-state index contributed by atoms with van der Waals surface area (Å²) in [6.45, 7) is 1.80. The van der Waals surface area contributed by atoms with Gasteiger partial charge in [-0.05, 0) is 42.8 Å². The number of hydrogen-bond donors (Lipinski definition) is 2. The highest BCUT2D eigenvalue weighted by Gasteiger charge is 2.32. The zero-order valence-corrected chi connectivity index (χ0v) is 18.2. The Balaban J connectivity index is 1.59. The van der Waals surface area contributed by atoms with Crippen LogP contribution in [0.25, 0.3) is 0 Å². The van der Waals surface area contributed by atoms with Crippen molar-refractivity contribution in [3.63, 3.8) is 0 Å². The monoisotopic (exact) mass is 468 g/mol. The van der Waals surface area contributed by atoms with Gasteiger partial charge in [-0.1, -0.05) is 58.7 Å². The Morgan fingerprint density at radius 3 is 2.55 bits per heavy atom. The van der Waals surface area contributed by atoms with Gasteiger partial charge in [0.25, 0.3) is 0 Å². The van der Waals surface area contributed by atoms with Gasteiger partial charge in [0, 0.05) is 17.1 Å². The maximum Gasteiger partial charge on any atom is 0.240 e. The van der Waals surface area contributed by atoms with E-state index in [2.05, 4.69) is 20.8 Å². The first-order valence-corrected chi connectivity index (χ1v) is 10.4. The summed E-state index contributed by atoms with van der Waals surface area (Å²) in [6.07, 6.45) is -0.0182. The van der Waals surface area contributed by atoms with E-state index in [4.69, 9.17) is 34.8 Å². The van der Waals surface area contributed by atoms with Crippen LogP contribution in [0.5, 0.6) is 0 Å². The molecular weight excluding hydrogens is 455 g/mol. The lowest BCUT2D eigenvalue weighted by atomic mass is 10.1. The van der Waals surface area contributed by atoms with E-state index in [1.54, 1.807) is 37.3 Å². The fourth-order valence-corrected chi connectivity index (χ4v) is 3.75. The van der Waals surface area contributed by atoms with Crippen LogP contribution in [0.15, 0.2) is 52.7 Å². The normalized spacial score (nSPS) is 18.1. The lowest BCUT2D eigenvalue weighted by molar-refractivity contribution is -0.122. The molecule has 0 saturated carbocycles. The highest BCUT2D eigenvalue weighted by atomic mass is 35.5. The Labute approximate surface area is 186 Å². The van der Waals surface area contributed by atoms with E-state index in [1.807, 2.05) is 12.1 Å². The average Bonchev–Trinajstić information content (AvgIpc) is 3.02. The highest BCUT2D eigenvalue weighted by molar-refractivity contribution is 8.15. The highest BCUT2D eigenvalue weighted by Crippen LogP contribution is 2.26. The van der Waals surface area contributed by atoms with Crippen LogP contribution in [0, 0.1) is 0 Å². The van der Waals surface area contributed by atoms with Crippen LogP contribution in [0.4, 0.5) is 5.69 Å². The SMILES string of the molecule is CC(=NN=C1NC(=O)C(CC(=O)Nc2ccc(Cl)c(Cl)c2)S1)c1ccc(Cl)cc1. The van der Waals surface area contributed by atoms with E-state index in [0.717, 1.165) is 17.3 Å². The number of amides is 2. The van der Waals surface area contributed by atoms with Gasteiger partial charge in [-0.15, -0.1) is 5.10 Å². The molecule has 3 rings (SSSR count). The molecule has 1 aliphatic rings. The Morgan fingerprint density at radius 1 is 1.14 bits per heavy atom. The summed E-state index contributed by atoms with van der Waals surface area (Å²) in [4.78, 5) is 24.4. The first kappa shape index (κ1) is 21.6. The molecule has 0 radical (unpaired) electrons. The third kappa shape index (κ3) is 5.96. The summed E-state index contributed by atoms with van der Waals surface area (Å²) in [5.74, 6) is -0.615. The quantitative estimate of drug-likeness (QED) is 0.478. The number of amidine groups is 1. The molecule has 1 saturated heterocycles. The molecule has 1 fully saturated rings. The maximum atomic E-state index is 12.2. The van der Waals surface area contributed by atoms with E-state index in [1.165, 1.54) is 0 Å². The number of halogens is 3. The second-order valence-electron chi connectivity index (χ2n) is 6.07. The molecule has 2 amide bonds. The Kier molecular flexibility index (Phi) is 7.18. The molecular formula is C19H15Cl3N4O2S. The van der Waals surface area contributed by atoms with Crippen molar-refractivity contribution in [1.82, 2.24) is 5.32 Å². The second kappa shape index (κ2) is 9.63. The number of hydrogen-bond acceptors (Lipinski definition) is 5. The number of anilines is 1. The summed E-state index contributed by atoms with van der Waals surface area (Å²) >= 11 is 18.8. The lowest BCUT2D eigenvalue weighted by Crippen LogP contribution is -2.28. The molecule has 1 aliphatic heterocycles. The zero-order valence-electron chi connectivity index (χ0n) is 15.1. The van der Waals surface area contributed by atoms with Gasteiger partial charge in [-0.3, -0.25) is 9.59 Å². The van der Waals surface area contributed by atoms with Crippen molar-refractivity contribution in [2.45, 2.75) is 18.6 Å². The molecule has 0 spiro atoms. The minimum atomic E-state index is -0.595. The van der Waals surface area contributed by atoms with Gasteiger partial charge in [0.05, 0.1) is 15.8 Å². The number of rotatable bonds is 5. The fraction of sp³-hybridized carbons (Fsp3) is 0.158. The number of benzene rings is 2. The lowest BCUT2D eigenvalue weighted by Gasteiger charge is -2.08. The molecule has 1 atom stereocenters. The van der Waals surface area contributed by atoms with E-state index in [0.29, 0.717) is 31.6 Å². The predicted octanol–water partition coefficient (Wildman–Crippen LogP) is 4.99. The zero-order chi connectivity index (χ0) is 21.0. The smallest absolute Gasteiger partial charge is 0.240 e. The first-order valence-electron chi connectivity index (χ1n) is 8.42. The van der Waals surface area contributed by atoms with Crippen molar-refractivity contribution in [3.05, 3.63) is 63.1 Å². The van der Waals surface area contributed by atoms with E-state index in [9.17, 15) is 9.59 Å². The summed E-state index contributed by atoms with van der Waals surface area (Å²) in [5, 5.41) is 14.6. The third-order valence-corrected chi connectivity index (χ3v) is 5.97. The van der Waals surface area contributed by atoms with Gasteiger partial charge in [-0.25, -0.2) is 0 Å². The number of nitrogens with one attached hydrogen (secondary N) is 2. The molecule has 10 heteroatoms. The first-order chi connectivity index (χ1) is 13.8. The molecule has 0 bridgehead atoms. The van der Waals surface area contributed by atoms with Gasteiger partial charge in [0.1, 0.15) is 5.25 Å². The molecule has 150 valence electrons.